The highest BCUT2D eigenvalue weighted by atomic mass is 16.5. The molecule has 112 valence electrons. The molecular formula is C16H20N2O3. The van der Waals surface area contributed by atoms with Crippen LogP contribution in [0, 0.1) is 0 Å². The number of rotatable bonds is 4. The topological polar surface area (TPSA) is 77.5 Å². The van der Waals surface area contributed by atoms with Crippen molar-refractivity contribution in [2.24, 2.45) is 5.84 Å². The molecule has 0 aliphatic heterocycles. The molecule has 0 radical (unpaired) electrons. The Hall–Kier alpha value is -1.85. The van der Waals surface area contributed by atoms with Gasteiger partial charge in [-0.15, -0.1) is 0 Å². The van der Waals surface area contributed by atoms with Gasteiger partial charge in [0, 0.05) is 10.9 Å². The minimum Gasteiger partial charge on any atom is -0.450 e. The summed E-state index contributed by atoms with van der Waals surface area (Å²) in [5, 5.41) is 0.909. The lowest BCUT2D eigenvalue weighted by atomic mass is 9.98. The first kappa shape index (κ1) is 14.1. The number of fused-ring (bicyclic) bond motifs is 1. The molecule has 0 unspecified atom stereocenters. The number of benzene rings is 1. The molecule has 1 heterocycles. The van der Waals surface area contributed by atoms with Crippen LogP contribution in [0.3, 0.4) is 0 Å². The van der Waals surface area contributed by atoms with Crippen LogP contribution >= 0.6 is 0 Å². The number of nitrogen functional groups attached to an aromatic ring is 1. The van der Waals surface area contributed by atoms with Crippen molar-refractivity contribution in [2.45, 2.75) is 44.8 Å². The molecule has 5 heteroatoms. The third-order valence-corrected chi connectivity index (χ3v) is 4.05. The number of nitrogens with one attached hydrogen (secondary N) is 1. The molecule has 5 nitrogen and oxygen atoms in total. The molecular weight excluding hydrogens is 268 g/mol. The van der Waals surface area contributed by atoms with Crippen molar-refractivity contribution in [3.63, 3.8) is 0 Å². The van der Waals surface area contributed by atoms with Gasteiger partial charge in [-0.3, -0.25) is 10.2 Å². The Balaban J connectivity index is 1.85. The Labute approximate surface area is 123 Å². The average molecular weight is 288 g/mol. The van der Waals surface area contributed by atoms with Gasteiger partial charge < -0.3 is 9.15 Å². The number of carbonyl (C=O) groups excluding carboxylic acids is 1. The summed E-state index contributed by atoms with van der Waals surface area (Å²) in [6, 6.07) is 7.58. The lowest BCUT2D eigenvalue weighted by Gasteiger charge is -2.21. The number of carbonyl (C=O) groups is 1. The maximum atomic E-state index is 11.9. The minimum absolute atomic E-state index is 0.245. The van der Waals surface area contributed by atoms with E-state index >= 15 is 0 Å². The van der Waals surface area contributed by atoms with Crippen molar-refractivity contribution in [2.75, 3.05) is 0 Å². The molecule has 0 saturated heterocycles. The fourth-order valence-corrected chi connectivity index (χ4v) is 2.92. The zero-order chi connectivity index (χ0) is 14.7. The van der Waals surface area contributed by atoms with Crippen molar-refractivity contribution < 1.29 is 13.9 Å². The fraction of sp³-hybridized carbons (Fsp3) is 0.438. The van der Waals surface area contributed by atoms with Gasteiger partial charge in [0.15, 0.2) is 5.76 Å². The van der Waals surface area contributed by atoms with Crippen LogP contribution in [0.1, 0.15) is 48.2 Å². The summed E-state index contributed by atoms with van der Waals surface area (Å²) in [7, 11) is 0. The second-order valence-corrected chi connectivity index (χ2v) is 5.45. The van der Waals surface area contributed by atoms with Gasteiger partial charge in [-0.2, -0.15) is 0 Å². The van der Waals surface area contributed by atoms with Gasteiger partial charge in [-0.25, -0.2) is 5.84 Å². The van der Waals surface area contributed by atoms with Crippen molar-refractivity contribution in [1.29, 1.82) is 0 Å². The number of hydrazine groups is 1. The van der Waals surface area contributed by atoms with Gasteiger partial charge in [0.1, 0.15) is 5.58 Å². The fourth-order valence-electron chi connectivity index (χ4n) is 2.92. The maximum Gasteiger partial charge on any atom is 0.301 e. The Bertz CT molecular complexity index is 629. The standard InChI is InChI=1S/C16H20N2O3/c17-18-16(19)15-13(10-20-11-6-2-1-3-7-11)12-8-4-5-9-14(12)21-15/h4-5,8-9,11H,1-3,6-7,10,17H2,(H,18,19). The number of amides is 1. The monoisotopic (exact) mass is 288 g/mol. The smallest absolute Gasteiger partial charge is 0.301 e. The van der Waals surface area contributed by atoms with Crippen molar-refractivity contribution in [1.82, 2.24) is 5.43 Å². The number of furan rings is 1. The van der Waals surface area contributed by atoms with E-state index in [1.807, 2.05) is 24.3 Å². The highest BCUT2D eigenvalue weighted by molar-refractivity contribution is 5.98. The largest absolute Gasteiger partial charge is 0.450 e. The number of nitrogens with two attached hydrogens (primary N) is 1. The first-order chi connectivity index (χ1) is 10.3. The van der Waals surface area contributed by atoms with Crippen LogP contribution in [0.4, 0.5) is 0 Å². The van der Waals surface area contributed by atoms with Crippen LogP contribution in [0.25, 0.3) is 11.0 Å². The zero-order valence-electron chi connectivity index (χ0n) is 11.9. The van der Waals surface area contributed by atoms with Gasteiger partial charge >= 0.3 is 5.91 Å². The van der Waals surface area contributed by atoms with E-state index in [2.05, 4.69) is 5.43 Å². The maximum absolute atomic E-state index is 11.9. The van der Waals surface area contributed by atoms with E-state index in [1.165, 1.54) is 19.3 Å². The van der Waals surface area contributed by atoms with E-state index in [0.29, 0.717) is 12.2 Å². The molecule has 1 aliphatic carbocycles. The molecule has 2 aromatic rings. The van der Waals surface area contributed by atoms with Crippen molar-refractivity contribution >= 4 is 16.9 Å². The molecule has 3 rings (SSSR count). The molecule has 1 saturated carbocycles. The van der Waals surface area contributed by atoms with Crippen LogP contribution in [-0.2, 0) is 11.3 Å². The summed E-state index contributed by atoms with van der Waals surface area (Å²) in [5.74, 6) is 5.06. The predicted octanol–water partition coefficient (Wildman–Crippen LogP) is 2.89. The number of hydrogen-bond donors (Lipinski definition) is 2. The van der Waals surface area contributed by atoms with E-state index in [9.17, 15) is 4.79 Å². The predicted molar refractivity (Wildman–Crippen MR) is 79.5 cm³/mol. The van der Waals surface area contributed by atoms with Gasteiger partial charge in [-0.05, 0) is 18.9 Å². The van der Waals surface area contributed by atoms with Crippen LogP contribution in [0.5, 0.6) is 0 Å². The zero-order valence-corrected chi connectivity index (χ0v) is 11.9. The summed E-state index contributed by atoms with van der Waals surface area (Å²) in [5.41, 5.74) is 3.59. The van der Waals surface area contributed by atoms with Crippen molar-refractivity contribution in [3.8, 4) is 0 Å². The highest BCUT2D eigenvalue weighted by Gasteiger charge is 2.21. The van der Waals surface area contributed by atoms with E-state index in [1.54, 1.807) is 0 Å². The Morgan fingerprint density at radius 3 is 2.81 bits per heavy atom. The van der Waals surface area contributed by atoms with E-state index in [4.69, 9.17) is 15.0 Å². The Morgan fingerprint density at radius 1 is 1.29 bits per heavy atom. The summed E-state index contributed by atoms with van der Waals surface area (Å²) in [6.45, 7) is 0.379. The van der Waals surface area contributed by atoms with Crippen molar-refractivity contribution in [3.05, 3.63) is 35.6 Å². The molecule has 1 fully saturated rings. The van der Waals surface area contributed by atoms with Gasteiger partial charge in [0.25, 0.3) is 0 Å². The van der Waals surface area contributed by atoms with Crippen LogP contribution in [-0.4, -0.2) is 12.0 Å². The molecule has 1 aromatic heterocycles. The Kier molecular flexibility index (Phi) is 4.22. The molecule has 3 N–H and O–H groups in total. The first-order valence-corrected chi connectivity index (χ1v) is 7.42. The van der Waals surface area contributed by atoms with Gasteiger partial charge in [0.05, 0.1) is 12.7 Å². The lowest BCUT2D eigenvalue weighted by molar-refractivity contribution is 0.0166. The molecule has 0 atom stereocenters. The van der Waals surface area contributed by atoms with Crippen LogP contribution in [0.2, 0.25) is 0 Å². The average Bonchev–Trinajstić information content (AvgIpc) is 2.92. The van der Waals surface area contributed by atoms with E-state index < -0.39 is 5.91 Å². The third kappa shape index (κ3) is 2.94. The highest BCUT2D eigenvalue weighted by Crippen LogP contribution is 2.28. The molecule has 1 aromatic carbocycles. The normalized spacial score (nSPS) is 16.2. The number of para-hydroxylation sites is 1. The third-order valence-electron chi connectivity index (χ3n) is 4.05. The molecule has 1 amide bonds. The first-order valence-electron chi connectivity index (χ1n) is 7.42. The van der Waals surface area contributed by atoms with Gasteiger partial charge in [-0.1, -0.05) is 37.5 Å². The van der Waals surface area contributed by atoms with E-state index in [-0.39, 0.29) is 11.9 Å². The summed E-state index contributed by atoms with van der Waals surface area (Å²) >= 11 is 0. The summed E-state index contributed by atoms with van der Waals surface area (Å²) in [4.78, 5) is 11.9. The minimum atomic E-state index is -0.423. The molecule has 0 spiro atoms. The molecule has 21 heavy (non-hydrogen) atoms. The number of ether oxygens (including phenoxy) is 1. The summed E-state index contributed by atoms with van der Waals surface area (Å²) < 4.78 is 11.6. The second-order valence-electron chi connectivity index (χ2n) is 5.45. The quantitative estimate of drug-likeness (QED) is 0.515. The second kappa shape index (κ2) is 6.28. The van der Waals surface area contributed by atoms with Crippen LogP contribution < -0.4 is 11.3 Å². The van der Waals surface area contributed by atoms with Gasteiger partial charge in [0.2, 0.25) is 0 Å². The lowest BCUT2D eigenvalue weighted by Crippen LogP contribution is -2.30. The molecule has 0 bridgehead atoms. The summed E-state index contributed by atoms with van der Waals surface area (Å²) in [6.07, 6.45) is 6.18. The Morgan fingerprint density at radius 2 is 2.05 bits per heavy atom. The van der Waals surface area contributed by atoms with E-state index in [0.717, 1.165) is 23.8 Å². The number of hydrogen-bond acceptors (Lipinski definition) is 4. The SMILES string of the molecule is NNC(=O)c1oc2ccccc2c1COC1CCCCC1. The molecule has 1 aliphatic rings. The van der Waals surface area contributed by atoms with Crippen LogP contribution in [0.15, 0.2) is 28.7 Å².